The van der Waals surface area contributed by atoms with Crippen LogP contribution in [-0.4, -0.2) is 36.3 Å². The number of amides is 1. The van der Waals surface area contributed by atoms with Crippen LogP contribution in [-0.2, 0) is 9.57 Å². The van der Waals surface area contributed by atoms with Crippen LogP contribution in [0.15, 0.2) is 0 Å². The van der Waals surface area contributed by atoms with Crippen LogP contribution in [0.5, 0.6) is 0 Å². The van der Waals surface area contributed by atoms with E-state index in [9.17, 15) is 4.79 Å². The summed E-state index contributed by atoms with van der Waals surface area (Å²) in [4.78, 5) is 18.2. The lowest BCUT2D eigenvalue weighted by Gasteiger charge is -2.33. The Morgan fingerprint density at radius 1 is 1.35 bits per heavy atom. The van der Waals surface area contributed by atoms with Crippen LogP contribution in [0, 0.1) is 5.92 Å². The van der Waals surface area contributed by atoms with Crippen LogP contribution in [0.25, 0.3) is 0 Å². The summed E-state index contributed by atoms with van der Waals surface area (Å²) in [6.45, 7) is 7.79. The highest BCUT2D eigenvalue weighted by Crippen LogP contribution is 2.21. The van der Waals surface area contributed by atoms with Crippen molar-refractivity contribution in [1.29, 1.82) is 0 Å². The van der Waals surface area contributed by atoms with Gasteiger partial charge in [0.15, 0.2) is 0 Å². The van der Waals surface area contributed by atoms with E-state index in [-0.39, 0.29) is 6.09 Å². The number of likely N-dealkylation sites (tertiary alicyclic amines) is 1. The topological polar surface area (TPSA) is 64.8 Å². The number of carbonyl (C=O) groups is 1. The molecule has 0 aromatic rings. The molecule has 2 N–H and O–H groups in total. The van der Waals surface area contributed by atoms with Crippen molar-refractivity contribution in [2.24, 2.45) is 11.8 Å². The molecule has 0 spiro atoms. The van der Waals surface area contributed by atoms with E-state index in [2.05, 4.69) is 4.84 Å². The summed E-state index contributed by atoms with van der Waals surface area (Å²) in [5.41, 5.74) is -0.415. The summed E-state index contributed by atoms with van der Waals surface area (Å²) in [6, 6.07) is 0. The molecule has 1 aliphatic rings. The Morgan fingerprint density at radius 3 is 2.41 bits per heavy atom. The summed E-state index contributed by atoms with van der Waals surface area (Å²) in [6.07, 6.45) is 2.77. The molecular formula is C12H24N2O3. The molecule has 0 saturated carbocycles. The van der Waals surface area contributed by atoms with Crippen LogP contribution in [0.1, 0.15) is 40.0 Å². The predicted octanol–water partition coefficient (Wildman–Crippen LogP) is 1.91. The van der Waals surface area contributed by atoms with E-state index < -0.39 is 5.60 Å². The minimum atomic E-state index is -0.415. The first-order valence-electron chi connectivity index (χ1n) is 6.22. The van der Waals surface area contributed by atoms with E-state index in [1.807, 2.05) is 20.8 Å². The summed E-state index contributed by atoms with van der Waals surface area (Å²) >= 11 is 0. The fraction of sp³-hybridized carbons (Fsp3) is 0.917. The molecule has 1 amide bonds. The van der Waals surface area contributed by atoms with Gasteiger partial charge in [-0.25, -0.2) is 10.7 Å². The zero-order valence-electron chi connectivity index (χ0n) is 11.1. The molecule has 0 aromatic heterocycles. The van der Waals surface area contributed by atoms with Gasteiger partial charge in [-0.2, -0.15) is 0 Å². The summed E-state index contributed by atoms with van der Waals surface area (Å²) in [7, 11) is 0. The maximum absolute atomic E-state index is 11.8. The number of hydrogen-bond acceptors (Lipinski definition) is 4. The molecule has 1 aliphatic heterocycles. The quantitative estimate of drug-likeness (QED) is 0.770. The smallest absolute Gasteiger partial charge is 0.410 e. The largest absolute Gasteiger partial charge is 0.444 e. The summed E-state index contributed by atoms with van der Waals surface area (Å²) in [5.74, 6) is 5.61. The molecule has 0 aliphatic carbocycles. The van der Waals surface area contributed by atoms with Gasteiger partial charge in [-0.1, -0.05) is 0 Å². The van der Waals surface area contributed by atoms with Gasteiger partial charge in [-0.05, 0) is 46.0 Å². The van der Waals surface area contributed by atoms with Crippen molar-refractivity contribution in [2.75, 3.05) is 19.7 Å². The molecule has 17 heavy (non-hydrogen) atoms. The average Bonchev–Trinajstić information content (AvgIpc) is 2.24. The van der Waals surface area contributed by atoms with Crippen molar-refractivity contribution in [3.05, 3.63) is 0 Å². The van der Waals surface area contributed by atoms with Gasteiger partial charge < -0.3 is 14.5 Å². The Balaban J connectivity index is 2.29. The highest BCUT2D eigenvalue weighted by molar-refractivity contribution is 5.68. The molecule has 0 bridgehead atoms. The Morgan fingerprint density at radius 2 is 1.94 bits per heavy atom. The van der Waals surface area contributed by atoms with Crippen LogP contribution in [0.4, 0.5) is 4.79 Å². The number of nitrogens with two attached hydrogens (primary N) is 1. The van der Waals surface area contributed by atoms with Gasteiger partial charge in [0.1, 0.15) is 5.60 Å². The Labute approximate surface area is 103 Å². The maximum Gasteiger partial charge on any atom is 0.410 e. The number of ether oxygens (including phenoxy) is 1. The van der Waals surface area contributed by atoms with E-state index in [0.29, 0.717) is 12.5 Å². The lowest BCUT2D eigenvalue weighted by molar-refractivity contribution is 0.0167. The van der Waals surface area contributed by atoms with Gasteiger partial charge in [-0.3, -0.25) is 0 Å². The third kappa shape index (κ3) is 5.37. The molecule has 1 fully saturated rings. The fourth-order valence-corrected chi connectivity index (χ4v) is 1.97. The van der Waals surface area contributed by atoms with Crippen molar-refractivity contribution in [2.45, 2.75) is 45.6 Å². The first kappa shape index (κ1) is 14.3. The van der Waals surface area contributed by atoms with Crippen LogP contribution in [0.2, 0.25) is 0 Å². The van der Waals surface area contributed by atoms with Crippen LogP contribution in [0.3, 0.4) is 0 Å². The van der Waals surface area contributed by atoms with Gasteiger partial charge in [0.25, 0.3) is 0 Å². The van der Waals surface area contributed by atoms with Gasteiger partial charge in [0.05, 0.1) is 6.61 Å². The molecule has 0 atom stereocenters. The first-order chi connectivity index (χ1) is 7.92. The second-order valence-electron chi connectivity index (χ2n) is 5.57. The van der Waals surface area contributed by atoms with E-state index in [1.165, 1.54) is 0 Å². The van der Waals surface area contributed by atoms with Crippen molar-refractivity contribution in [3.63, 3.8) is 0 Å². The summed E-state index contributed by atoms with van der Waals surface area (Å²) in [5, 5.41) is 0. The second-order valence-corrected chi connectivity index (χ2v) is 5.57. The number of nitrogens with zero attached hydrogens (tertiary/aromatic N) is 1. The van der Waals surface area contributed by atoms with E-state index in [1.54, 1.807) is 4.90 Å². The Kier molecular flexibility index (Phi) is 5.21. The molecule has 0 unspecified atom stereocenters. The molecular weight excluding hydrogens is 220 g/mol. The third-order valence-electron chi connectivity index (χ3n) is 2.91. The zero-order chi connectivity index (χ0) is 12.9. The monoisotopic (exact) mass is 244 g/mol. The minimum Gasteiger partial charge on any atom is -0.444 e. The molecule has 1 rings (SSSR count). The van der Waals surface area contributed by atoms with Crippen molar-refractivity contribution in [3.8, 4) is 0 Å². The standard InChI is InChI=1S/C12H24N2O3/c1-12(2,3)17-11(15)14-7-4-10(5-8-14)6-9-16-13/h10H,4-9,13H2,1-3H3. The predicted molar refractivity (Wildman–Crippen MR) is 65.3 cm³/mol. The van der Waals surface area contributed by atoms with Crippen molar-refractivity contribution >= 4 is 6.09 Å². The lowest BCUT2D eigenvalue weighted by Crippen LogP contribution is -2.41. The molecule has 5 heteroatoms. The number of rotatable bonds is 3. The molecule has 0 radical (unpaired) electrons. The number of carbonyl (C=O) groups excluding carboxylic acids is 1. The highest BCUT2D eigenvalue weighted by atomic mass is 16.6. The zero-order valence-corrected chi connectivity index (χ0v) is 11.1. The van der Waals surface area contributed by atoms with Crippen molar-refractivity contribution in [1.82, 2.24) is 4.90 Å². The fourth-order valence-electron chi connectivity index (χ4n) is 1.97. The molecule has 5 nitrogen and oxygen atoms in total. The van der Waals surface area contributed by atoms with Crippen LogP contribution < -0.4 is 5.90 Å². The SMILES string of the molecule is CC(C)(C)OC(=O)N1CCC(CCON)CC1. The summed E-state index contributed by atoms with van der Waals surface area (Å²) < 4.78 is 5.34. The van der Waals surface area contributed by atoms with Crippen molar-refractivity contribution < 1.29 is 14.4 Å². The Bertz CT molecular complexity index is 243. The van der Waals surface area contributed by atoms with Gasteiger partial charge in [0.2, 0.25) is 0 Å². The highest BCUT2D eigenvalue weighted by Gasteiger charge is 2.26. The molecule has 0 aromatic carbocycles. The van der Waals surface area contributed by atoms with E-state index >= 15 is 0 Å². The average molecular weight is 244 g/mol. The third-order valence-corrected chi connectivity index (χ3v) is 2.91. The van der Waals surface area contributed by atoms with E-state index in [0.717, 1.165) is 32.4 Å². The second kappa shape index (κ2) is 6.21. The van der Waals surface area contributed by atoms with E-state index in [4.69, 9.17) is 10.6 Å². The Hall–Kier alpha value is -0.810. The minimum absolute atomic E-state index is 0.203. The normalized spacial score (nSPS) is 18.2. The first-order valence-corrected chi connectivity index (χ1v) is 6.22. The van der Waals surface area contributed by atoms with Gasteiger partial charge in [-0.15, -0.1) is 0 Å². The van der Waals surface area contributed by atoms with Gasteiger partial charge >= 0.3 is 6.09 Å². The lowest BCUT2D eigenvalue weighted by atomic mass is 9.94. The number of piperidine rings is 1. The molecule has 100 valence electrons. The maximum atomic E-state index is 11.8. The molecule has 1 heterocycles. The van der Waals surface area contributed by atoms with Gasteiger partial charge in [0, 0.05) is 13.1 Å². The van der Waals surface area contributed by atoms with Crippen LogP contribution >= 0.6 is 0 Å². The number of hydrogen-bond donors (Lipinski definition) is 1. The molecule has 1 saturated heterocycles.